The summed E-state index contributed by atoms with van der Waals surface area (Å²) >= 11 is 3.11. The van der Waals surface area contributed by atoms with Crippen LogP contribution in [0.1, 0.15) is 26.0 Å². The Hall–Kier alpha value is -2.32. The van der Waals surface area contributed by atoms with Crippen LogP contribution in [0.2, 0.25) is 0 Å². The number of thiazole rings is 2. The molecule has 0 saturated heterocycles. The van der Waals surface area contributed by atoms with Gasteiger partial charge in [0.25, 0.3) is 0 Å². The van der Waals surface area contributed by atoms with Gasteiger partial charge in [0.2, 0.25) is 5.06 Å². The molecular weight excluding hydrogens is 356 g/mol. The van der Waals surface area contributed by atoms with Gasteiger partial charge in [-0.1, -0.05) is 16.5 Å². The van der Waals surface area contributed by atoms with Crippen LogP contribution in [0.25, 0.3) is 20.5 Å². The van der Waals surface area contributed by atoms with Gasteiger partial charge < -0.3 is 9.57 Å². The maximum atomic E-state index is 5.75. The second-order valence-corrected chi connectivity index (χ2v) is 7.71. The van der Waals surface area contributed by atoms with Crippen LogP contribution in [0.3, 0.4) is 0 Å². The van der Waals surface area contributed by atoms with Crippen molar-refractivity contribution < 1.29 is 9.57 Å². The highest BCUT2D eigenvalue weighted by Crippen LogP contribution is 2.40. The van der Waals surface area contributed by atoms with Gasteiger partial charge in [-0.05, 0) is 26.0 Å². The fourth-order valence-electron chi connectivity index (χ4n) is 2.30. The minimum absolute atomic E-state index is 0.0421. The number of nitrogens with zero attached hydrogens (tertiary/aromatic N) is 4. The van der Waals surface area contributed by atoms with Crippen LogP contribution >= 0.6 is 22.7 Å². The van der Waals surface area contributed by atoms with Gasteiger partial charge in [-0.3, -0.25) is 4.98 Å². The van der Waals surface area contributed by atoms with Crippen LogP contribution in [-0.2, 0) is 4.84 Å². The fourth-order valence-corrected chi connectivity index (χ4v) is 4.21. The fraction of sp³-hybridized carbons (Fsp3) is 0.294. The molecule has 4 rings (SSSR count). The molecule has 0 spiro atoms. The third-order valence-electron chi connectivity index (χ3n) is 3.44. The molecule has 1 aliphatic rings. The molecule has 1 aliphatic heterocycles. The third kappa shape index (κ3) is 3.40. The molecule has 0 aliphatic carbocycles. The third-order valence-corrected chi connectivity index (χ3v) is 5.62. The first kappa shape index (κ1) is 16.2. The van der Waals surface area contributed by atoms with Crippen molar-refractivity contribution in [2.45, 2.75) is 26.4 Å². The summed E-state index contributed by atoms with van der Waals surface area (Å²) in [5.41, 5.74) is 2.63. The highest BCUT2D eigenvalue weighted by Gasteiger charge is 2.24. The molecule has 0 amide bonds. The second kappa shape index (κ2) is 6.89. The summed E-state index contributed by atoms with van der Waals surface area (Å²) in [6.45, 7) is 4.50. The summed E-state index contributed by atoms with van der Waals surface area (Å²) in [7, 11) is 0. The molecule has 0 atom stereocenters. The zero-order chi connectivity index (χ0) is 17.2. The highest BCUT2D eigenvalue weighted by atomic mass is 32.1. The summed E-state index contributed by atoms with van der Waals surface area (Å²) in [6.07, 6.45) is 6.16. The summed E-state index contributed by atoms with van der Waals surface area (Å²) in [5.74, 6) is 0. The maximum absolute atomic E-state index is 5.75. The maximum Gasteiger partial charge on any atom is 0.204 e. The van der Waals surface area contributed by atoms with Gasteiger partial charge >= 0.3 is 0 Å². The van der Waals surface area contributed by atoms with E-state index in [1.54, 1.807) is 17.5 Å². The van der Waals surface area contributed by atoms with E-state index in [1.165, 1.54) is 11.3 Å². The van der Waals surface area contributed by atoms with E-state index in [0.717, 1.165) is 36.9 Å². The van der Waals surface area contributed by atoms with Gasteiger partial charge in [0.15, 0.2) is 0 Å². The Balaban J connectivity index is 1.65. The molecule has 0 unspecified atom stereocenters. The predicted octanol–water partition coefficient (Wildman–Crippen LogP) is 4.24. The van der Waals surface area contributed by atoms with Crippen molar-refractivity contribution in [3.05, 3.63) is 36.4 Å². The number of oxime groups is 1. The molecule has 0 aromatic carbocycles. The van der Waals surface area contributed by atoms with Gasteiger partial charge in [-0.15, -0.1) is 11.3 Å². The van der Waals surface area contributed by atoms with Crippen molar-refractivity contribution in [2.24, 2.45) is 5.16 Å². The molecule has 0 N–H and O–H groups in total. The zero-order valence-electron chi connectivity index (χ0n) is 13.8. The van der Waals surface area contributed by atoms with Gasteiger partial charge in [0, 0.05) is 30.6 Å². The molecule has 4 heterocycles. The Labute approximate surface area is 153 Å². The van der Waals surface area contributed by atoms with Crippen molar-refractivity contribution >= 4 is 28.4 Å². The van der Waals surface area contributed by atoms with E-state index in [0.29, 0.717) is 13.0 Å². The average molecular weight is 372 g/mol. The molecule has 128 valence electrons. The normalized spacial score (nSPS) is 15.2. The van der Waals surface area contributed by atoms with Gasteiger partial charge in [-0.25, -0.2) is 9.97 Å². The van der Waals surface area contributed by atoms with E-state index in [2.05, 4.69) is 15.1 Å². The highest BCUT2D eigenvalue weighted by molar-refractivity contribution is 7.24. The summed E-state index contributed by atoms with van der Waals surface area (Å²) in [4.78, 5) is 19.8. The molecule has 3 aromatic rings. The number of aromatic nitrogens is 3. The first-order valence-electron chi connectivity index (χ1n) is 7.94. The molecule has 0 radical (unpaired) electrons. The van der Waals surface area contributed by atoms with Crippen molar-refractivity contribution in [2.75, 3.05) is 6.61 Å². The van der Waals surface area contributed by atoms with Crippen LogP contribution in [0.5, 0.6) is 5.06 Å². The van der Waals surface area contributed by atoms with E-state index < -0.39 is 0 Å². The predicted molar refractivity (Wildman–Crippen MR) is 99.3 cm³/mol. The van der Waals surface area contributed by atoms with Crippen LogP contribution in [0.4, 0.5) is 0 Å². The minimum atomic E-state index is 0.0421. The van der Waals surface area contributed by atoms with E-state index in [9.17, 15) is 0 Å². The summed E-state index contributed by atoms with van der Waals surface area (Å²) < 4.78 is 5.75. The number of hydrogen-bond donors (Lipinski definition) is 0. The Kier molecular flexibility index (Phi) is 4.46. The van der Waals surface area contributed by atoms with Gasteiger partial charge in [0.1, 0.15) is 27.5 Å². The van der Waals surface area contributed by atoms with Crippen molar-refractivity contribution in [3.63, 3.8) is 0 Å². The molecule has 25 heavy (non-hydrogen) atoms. The molecule has 6 nitrogen and oxygen atoms in total. The van der Waals surface area contributed by atoms with Crippen molar-refractivity contribution in [1.29, 1.82) is 0 Å². The molecule has 0 fully saturated rings. The molecule has 3 aromatic heterocycles. The lowest BCUT2D eigenvalue weighted by Gasteiger charge is -2.13. The molecule has 0 bridgehead atoms. The molecule has 8 heteroatoms. The van der Waals surface area contributed by atoms with Gasteiger partial charge in [-0.2, -0.15) is 0 Å². The van der Waals surface area contributed by atoms with E-state index in [-0.39, 0.29) is 6.10 Å². The van der Waals surface area contributed by atoms with Crippen LogP contribution in [0, 0.1) is 0 Å². The van der Waals surface area contributed by atoms with E-state index in [1.807, 2.05) is 38.4 Å². The standard InChI is InChI=1S/C17H16N4O2S2/c1-10(2)23-21-12-5-7-22-17-14(12)20-16(25-17)13-9-19-15(24-13)11-4-3-6-18-8-11/h3-4,6,8-10H,5,7H2,1-2H3. The number of ether oxygens (including phenoxy) is 1. The topological polar surface area (TPSA) is 69.5 Å². The second-order valence-electron chi connectivity index (χ2n) is 5.72. The van der Waals surface area contributed by atoms with E-state index >= 15 is 0 Å². The number of hydrogen-bond acceptors (Lipinski definition) is 8. The lowest BCUT2D eigenvalue weighted by atomic mass is 10.2. The number of fused-ring (bicyclic) bond motifs is 1. The smallest absolute Gasteiger partial charge is 0.204 e. The van der Waals surface area contributed by atoms with Crippen molar-refractivity contribution in [3.8, 4) is 25.5 Å². The first-order chi connectivity index (χ1) is 12.2. The Bertz CT molecular complexity index is 903. The van der Waals surface area contributed by atoms with Crippen LogP contribution in [0.15, 0.2) is 35.9 Å². The Morgan fingerprint density at radius 1 is 1.24 bits per heavy atom. The van der Waals surface area contributed by atoms with Crippen molar-refractivity contribution in [1.82, 2.24) is 15.0 Å². The largest absolute Gasteiger partial charge is 0.482 e. The Morgan fingerprint density at radius 3 is 2.96 bits per heavy atom. The van der Waals surface area contributed by atoms with E-state index in [4.69, 9.17) is 14.6 Å². The van der Waals surface area contributed by atoms with Gasteiger partial charge in [0.05, 0.1) is 11.5 Å². The Morgan fingerprint density at radius 2 is 2.16 bits per heavy atom. The average Bonchev–Trinajstić information content (AvgIpc) is 3.27. The number of rotatable bonds is 4. The molecular formula is C17H16N4O2S2. The number of pyridine rings is 1. The van der Waals surface area contributed by atoms with Crippen LogP contribution in [-0.4, -0.2) is 33.4 Å². The lowest BCUT2D eigenvalue weighted by Crippen LogP contribution is -2.16. The zero-order valence-corrected chi connectivity index (χ0v) is 15.4. The summed E-state index contributed by atoms with van der Waals surface area (Å²) in [6, 6.07) is 3.91. The quantitative estimate of drug-likeness (QED) is 0.641. The minimum Gasteiger partial charge on any atom is -0.482 e. The SMILES string of the molecule is CC(C)ON=C1CCOc2sc(-c3cnc(-c4cccnc4)s3)nc21. The summed E-state index contributed by atoms with van der Waals surface area (Å²) in [5, 5.41) is 6.85. The van der Waals surface area contributed by atoms with Crippen LogP contribution < -0.4 is 4.74 Å². The lowest BCUT2D eigenvalue weighted by molar-refractivity contribution is 0.0849. The first-order valence-corrected chi connectivity index (χ1v) is 9.57. The molecule has 0 saturated carbocycles. The monoisotopic (exact) mass is 372 g/mol.